The summed E-state index contributed by atoms with van der Waals surface area (Å²) in [6, 6.07) is 3.33. The molecule has 2 N–H and O–H groups in total. The number of carbonyl (C=O) groups excluding carboxylic acids is 1. The number of phenols is 1. The van der Waals surface area contributed by atoms with Crippen LogP contribution in [0.3, 0.4) is 0 Å². The standard InChI is InChI=1S/C17H22FNO4/c1-11(2)5-8-23-16-10-22-7-6-14(16)19-17(21)12-3-4-13(18)15(20)9-12/h3-5,9,14,16,20H,6-8,10H2,1-2H3,(H,19,21)/t14-,16-/m1/s1. The Morgan fingerprint density at radius 3 is 3.00 bits per heavy atom. The van der Waals surface area contributed by atoms with Gasteiger partial charge in [-0.15, -0.1) is 0 Å². The molecule has 5 nitrogen and oxygen atoms in total. The molecular formula is C17H22FNO4. The molecule has 2 atom stereocenters. The number of hydrogen-bond donors (Lipinski definition) is 2. The maximum Gasteiger partial charge on any atom is 0.251 e. The number of phenolic OH excluding ortho intramolecular Hbond substituents is 1. The van der Waals surface area contributed by atoms with Crippen LogP contribution in [0.1, 0.15) is 30.6 Å². The summed E-state index contributed by atoms with van der Waals surface area (Å²) in [5, 5.41) is 12.2. The molecule has 23 heavy (non-hydrogen) atoms. The van der Waals surface area contributed by atoms with Gasteiger partial charge in [0.15, 0.2) is 11.6 Å². The van der Waals surface area contributed by atoms with E-state index in [1.807, 2.05) is 19.9 Å². The van der Waals surface area contributed by atoms with Crippen molar-refractivity contribution in [3.8, 4) is 5.75 Å². The van der Waals surface area contributed by atoms with Gasteiger partial charge in [0.2, 0.25) is 0 Å². The van der Waals surface area contributed by atoms with Crippen molar-refractivity contribution in [1.29, 1.82) is 0 Å². The third-order valence-electron chi connectivity index (χ3n) is 3.63. The summed E-state index contributed by atoms with van der Waals surface area (Å²) in [7, 11) is 0. The summed E-state index contributed by atoms with van der Waals surface area (Å²) >= 11 is 0. The molecule has 1 amide bonds. The first-order chi connectivity index (χ1) is 11.0. The summed E-state index contributed by atoms with van der Waals surface area (Å²) in [5.41, 5.74) is 1.36. The number of halogens is 1. The topological polar surface area (TPSA) is 67.8 Å². The number of aromatic hydroxyl groups is 1. The van der Waals surface area contributed by atoms with Crippen LogP contribution in [0.5, 0.6) is 5.75 Å². The van der Waals surface area contributed by atoms with Crippen molar-refractivity contribution in [2.24, 2.45) is 0 Å². The minimum atomic E-state index is -0.754. The molecule has 0 spiro atoms. The van der Waals surface area contributed by atoms with E-state index >= 15 is 0 Å². The molecule has 1 aliphatic rings. The summed E-state index contributed by atoms with van der Waals surface area (Å²) in [6.07, 6.45) is 2.36. The van der Waals surface area contributed by atoms with E-state index in [9.17, 15) is 14.3 Å². The number of nitrogens with one attached hydrogen (secondary N) is 1. The zero-order chi connectivity index (χ0) is 16.8. The molecule has 0 aliphatic carbocycles. The number of allylic oxidation sites excluding steroid dienone is 1. The lowest BCUT2D eigenvalue weighted by Gasteiger charge is -2.31. The van der Waals surface area contributed by atoms with E-state index in [4.69, 9.17) is 9.47 Å². The smallest absolute Gasteiger partial charge is 0.251 e. The second-order valence-electron chi connectivity index (χ2n) is 5.76. The maximum atomic E-state index is 13.1. The molecule has 1 saturated heterocycles. The number of benzene rings is 1. The highest BCUT2D eigenvalue weighted by molar-refractivity contribution is 5.94. The largest absolute Gasteiger partial charge is 0.505 e. The second-order valence-corrected chi connectivity index (χ2v) is 5.76. The van der Waals surface area contributed by atoms with Gasteiger partial charge in [0.25, 0.3) is 5.91 Å². The van der Waals surface area contributed by atoms with Crippen LogP contribution < -0.4 is 5.32 Å². The molecule has 1 aromatic rings. The van der Waals surface area contributed by atoms with Crippen LogP contribution in [-0.2, 0) is 9.47 Å². The van der Waals surface area contributed by atoms with Gasteiger partial charge in [-0.3, -0.25) is 4.79 Å². The first kappa shape index (κ1) is 17.4. The SMILES string of the molecule is CC(C)=CCO[C@@H]1COCC[C@H]1NC(=O)c1ccc(F)c(O)c1. The predicted octanol–water partition coefficient (Wildman–Crippen LogP) is 2.40. The Hall–Kier alpha value is -1.92. The van der Waals surface area contributed by atoms with Gasteiger partial charge < -0.3 is 19.9 Å². The molecule has 0 unspecified atom stereocenters. The molecule has 1 aromatic carbocycles. The van der Waals surface area contributed by atoms with E-state index in [-0.39, 0.29) is 23.6 Å². The van der Waals surface area contributed by atoms with E-state index in [0.717, 1.165) is 17.7 Å². The van der Waals surface area contributed by atoms with Crippen molar-refractivity contribution in [3.63, 3.8) is 0 Å². The van der Waals surface area contributed by atoms with Crippen LogP contribution in [0.25, 0.3) is 0 Å². The minimum Gasteiger partial charge on any atom is -0.505 e. The monoisotopic (exact) mass is 323 g/mol. The third-order valence-corrected chi connectivity index (χ3v) is 3.63. The van der Waals surface area contributed by atoms with Crippen molar-refractivity contribution in [2.45, 2.75) is 32.4 Å². The Labute approximate surface area is 135 Å². The fourth-order valence-corrected chi connectivity index (χ4v) is 2.29. The first-order valence-electron chi connectivity index (χ1n) is 7.59. The van der Waals surface area contributed by atoms with Gasteiger partial charge in [0.1, 0.15) is 6.10 Å². The molecule has 1 fully saturated rings. The number of hydrogen-bond acceptors (Lipinski definition) is 4. The average Bonchev–Trinajstić information content (AvgIpc) is 2.51. The highest BCUT2D eigenvalue weighted by Gasteiger charge is 2.28. The summed E-state index contributed by atoms with van der Waals surface area (Å²) < 4.78 is 24.2. The summed E-state index contributed by atoms with van der Waals surface area (Å²) in [4.78, 5) is 12.3. The molecule has 126 valence electrons. The Morgan fingerprint density at radius 1 is 1.52 bits per heavy atom. The van der Waals surface area contributed by atoms with Crippen molar-refractivity contribution in [1.82, 2.24) is 5.32 Å². The van der Waals surface area contributed by atoms with Gasteiger partial charge in [0, 0.05) is 12.2 Å². The zero-order valence-corrected chi connectivity index (χ0v) is 13.3. The minimum absolute atomic E-state index is 0.186. The lowest BCUT2D eigenvalue weighted by Crippen LogP contribution is -2.50. The fourth-order valence-electron chi connectivity index (χ4n) is 2.29. The van der Waals surface area contributed by atoms with E-state index in [0.29, 0.717) is 26.2 Å². The van der Waals surface area contributed by atoms with Gasteiger partial charge in [-0.05, 0) is 38.5 Å². The summed E-state index contributed by atoms with van der Waals surface area (Å²) in [5.74, 6) is -1.67. The number of carbonyl (C=O) groups is 1. The van der Waals surface area contributed by atoms with Crippen LogP contribution in [0, 0.1) is 5.82 Å². The second kappa shape index (κ2) is 8.08. The number of rotatable bonds is 5. The third kappa shape index (κ3) is 5.04. The number of ether oxygens (including phenoxy) is 2. The van der Waals surface area contributed by atoms with E-state index in [1.54, 1.807) is 0 Å². The van der Waals surface area contributed by atoms with Crippen molar-refractivity contribution in [3.05, 3.63) is 41.2 Å². The normalized spacial score (nSPS) is 20.8. The lowest BCUT2D eigenvalue weighted by atomic mass is 10.0. The molecule has 1 aliphatic heterocycles. The van der Waals surface area contributed by atoms with Gasteiger partial charge >= 0.3 is 0 Å². The van der Waals surface area contributed by atoms with E-state index in [1.165, 1.54) is 6.07 Å². The molecule has 6 heteroatoms. The Bertz CT molecular complexity index is 584. The summed E-state index contributed by atoms with van der Waals surface area (Å²) in [6.45, 7) is 5.39. The van der Waals surface area contributed by atoms with Crippen molar-refractivity contribution >= 4 is 5.91 Å². The Balaban J connectivity index is 1.98. The number of amides is 1. The van der Waals surface area contributed by atoms with Gasteiger partial charge in [-0.1, -0.05) is 11.6 Å². The lowest BCUT2D eigenvalue weighted by molar-refractivity contribution is -0.0589. The quantitative estimate of drug-likeness (QED) is 0.817. The Kier molecular flexibility index (Phi) is 6.12. The van der Waals surface area contributed by atoms with Crippen LogP contribution >= 0.6 is 0 Å². The molecule has 0 bridgehead atoms. The zero-order valence-electron chi connectivity index (χ0n) is 13.3. The molecule has 2 rings (SSSR count). The van der Waals surface area contributed by atoms with E-state index < -0.39 is 11.6 Å². The van der Waals surface area contributed by atoms with Gasteiger partial charge in [0.05, 0.1) is 19.3 Å². The first-order valence-corrected chi connectivity index (χ1v) is 7.59. The predicted molar refractivity (Wildman–Crippen MR) is 83.9 cm³/mol. The maximum absolute atomic E-state index is 13.1. The molecule has 0 aromatic heterocycles. The van der Waals surface area contributed by atoms with Crippen LogP contribution in [0.2, 0.25) is 0 Å². The van der Waals surface area contributed by atoms with Crippen molar-refractivity contribution in [2.75, 3.05) is 19.8 Å². The highest BCUT2D eigenvalue weighted by atomic mass is 19.1. The molecular weight excluding hydrogens is 301 g/mol. The average molecular weight is 323 g/mol. The molecule has 0 saturated carbocycles. The van der Waals surface area contributed by atoms with Crippen LogP contribution in [0.4, 0.5) is 4.39 Å². The Morgan fingerprint density at radius 2 is 2.30 bits per heavy atom. The van der Waals surface area contributed by atoms with Gasteiger partial charge in [-0.25, -0.2) is 4.39 Å². The van der Waals surface area contributed by atoms with Gasteiger partial charge in [-0.2, -0.15) is 0 Å². The fraction of sp³-hybridized carbons (Fsp3) is 0.471. The molecule has 1 heterocycles. The molecule has 0 radical (unpaired) electrons. The van der Waals surface area contributed by atoms with Crippen molar-refractivity contribution < 1.29 is 23.8 Å². The van der Waals surface area contributed by atoms with Crippen LogP contribution in [0.15, 0.2) is 29.8 Å². The highest BCUT2D eigenvalue weighted by Crippen LogP contribution is 2.18. The van der Waals surface area contributed by atoms with Crippen LogP contribution in [-0.4, -0.2) is 43.0 Å². The van der Waals surface area contributed by atoms with E-state index in [2.05, 4.69) is 5.32 Å².